The summed E-state index contributed by atoms with van der Waals surface area (Å²) in [7, 11) is 0. The molecule has 2 atom stereocenters. The smallest absolute Gasteiger partial charge is 0.263 e. The van der Waals surface area contributed by atoms with Gasteiger partial charge in [-0.2, -0.15) is 5.11 Å². The molecule has 0 bridgehead atoms. The molecule has 2 heterocycles. The first-order valence-electron chi connectivity index (χ1n) is 9.14. The Balaban J connectivity index is 1.49. The molecule has 3 amide bonds. The van der Waals surface area contributed by atoms with Gasteiger partial charge in [-0.05, 0) is 49.1 Å². The van der Waals surface area contributed by atoms with Gasteiger partial charge in [0.15, 0.2) is 12.1 Å². The Morgan fingerprint density at radius 1 is 1.20 bits per heavy atom. The topological polar surface area (TPSA) is 94.4 Å². The van der Waals surface area contributed by atoms with Crippen molar-refractivity contribution in [1.29, 1.82) is 0 Å². The maximum atomic E-state index is 13.0. The second-order valence-electron chi connectivity index (χ2n) is 6.92. The zero-order valence-electron chi connectivity index (χ0n) is 16.2. The lowest BCUT2D eigenvalue weighted by molar-refractivity contribution is -0.123. The van der Waals surface area contributed by atoms with Crippen LogP contribution in [0.15, 0.2) is 57.7 Å². The first-order valence-corrected chi connectivity index (χ1v) is 10.7. The van der Waals surface area contributed by atoms with Crippen LogP contribution in [-0.4, -0.2) is 47.6 Å². The van der Waals surface area contributed by atoms with Crippen LogP contribution in [0.2, 0.25) is 5.02 Å². The van der Waals surface area contributed by atoms with E-state index in [4.69, 9.17) is 11.6 Å². The number of halogens is 1. The molecule has 0 aromatic heterocycles. The number of carbonyl (C=O) groups excluding carboxylic acids is 3. The van der Waals surface area contributed by atoms with E-state index in [-0.39, 0.29) is 12.5 Å². The highest BCUT2D eigenvalue weighted by molar-refractivity contribution is 7.98. The summed E-state index contributed by atoms with van der Waals surface area (Å²) in [6, 6.07) is 10.5. The molecule has 4 rings (SSSR count). The minimum Gasteiger partial charge on any atom is -0.324 e. The van der Waals surface area contributed by atoms with Crippen molar-refractivity contribution in [1.82, 2.24) is 5.01 Å². The van der Waals surface area contributed by atoms with Crippen molar-refractivity contribution < 1.29 is 14.4 Å². The summed E-state index contributed by atoms with van der Waals surface area (Å²) in [5, 5.41) is 12.3. The highest BCUT2D eigenvalue weighted by atomic mass is 35.5. The number of anilines is 2. The van der Waals surface area contributed by atoms with Crippen LogP contribution in [0.25, 0.3) is 0 Å². The molecule has 0 unspecified atom stereocenters. The average molecular weight is 444 g/mol. The zero-order valence-corrected chi connectivity index (χ0v) is 17.8. The molecule has 0 aliphatic carbocycles. The monoisotopic (exact) mass is 443 g/mol. The summed E-state index contributed by atoms with van der Waals surface area (Å²) in [6.45, 7) is 1.63. The predicted molar refractivity (Wildman–Crippen MR) is 115 cm³/mol. The van der Waals surface area contributed by atoms with E-state index in [1.54, 1.807) is 36.0 Å². The summed E-state index contributed by atoms with van der Waals surface area (Å²) in [6.07, 6.45) is 1.95. The maximum absolute atomic E-state index is 13.0. The van der Waals surface area contributed by atoms with Crippen molar-refractivity contribution in [3.8, 4) is 0 Å². The van der Waals surface area contributed by atoms with Gasteiger partial charge < -0.3 is 5.32 Å². The lowest BCUT2D eigenvalue weighted by atomic mass is 10.1. The number of hydrogen-bond donors (Lipinski definition) is 1. The number of rotatable bonds is 5. The van der Waals surface area contributed by atoms with Gasteiger partial charge in [0.1, 0.15) is 6.54 Å². The molecule has 1 fully saturated rings. The Kier molecular flexibility index (Phi) is 5.48. The summed E-state index contributed by atoms with van der Waals surface area (Å²) in [4.78, 5) is 40.3. The fraction of sp³-hybridized carbons (Fsp3) is 0.250. The maximum Gasteiger partial charge on any atom is 0.263 e. The van der Waals surface area contributed by atoms with Crippen molar-refractivity contribution >= 4 is 52.5 Å². The SMILES string of the molecule is CSc1cccc(NC(=O)CN2N=N[C@@H]3C(=O)N(c4ccc(C)c(Cl)c4)C(=O)[C@@H]32)c1. The fourth-order valence-corrected chi connectivity index (χ4v) is 4.01. The molecule has 2 aliphatic rings. The van der Waals surface area contributed by atoms with Crippen LogP contribution >= 0.6 is 23.4 Å². The van der Waals surface area contributed by atoms with Crippen LogP contribution < -0.4 is 10.2 Å². The lowest BCUT2D eigenvalue weighted by Gasteiger charge is -2.20. The first-order chi connectivity index (χ1) is 14.4. The Morgan fingerprint density at radius 2 is 2.00 bits per heavy atom. The standard InChI is InChI=1S/C20H18ClN5O3S/c1-11-6-7-13(9-15(11)21)26-19(28)17-18(20(26)29)25(24-23-17)10-16(27)22-12-4-3-5-14(8-12)30-2/h3-9,17-18H,10H2,1-2H3,(H,22,27)/t17-,18+/m0/s1. The minimum absolute atomic E-state index is 0.199. The number of benzene rings is 2. The van der Waals surface area contributed by atoms with Crippen LogP contribution in [0.3, 0.4) is 0 Å². The third-order valence-corrected chi connectivity index (χ3v) is 6.06. The van der Waals surface area contributed by atoms with E-state index in [1.165, 1.54) is 5.01 Å². The van der Waals surface area contributed by atoms with Crippen molar-refractivity contribution in [2.24, 2.45) is 10.3 Å². The summed E-state index contributed by atoms with van der Waals surface area (Å²) < 4.78 is 0. The molecule has 2 aromatic carbocycles. The normalized spacial score (nSPS) is 20.1. The third kappa shape index (κ3) is 3.66. The lowest BCUT2D eigenvalue weighted by Crippen LogP contribution is -2.43. The zero-order chi connectivity index (χ0) is 21.4. The van der Waals surface area contributed by atoms with Gasteiger partial charge in [-0.3, -0.25) is 19.4 Å². The second kappa shape index (κ2) is 8.08. The molecule has 1 saturated heterocycles. The van der Waals surface area contributed by atoms with Crippen LogP contribution in [0.1, 0.15) is 5.56 Å². The Bertz CT molecular complexity index is 1080. The highest BCUT2D eigenvalue weighted by Crippen LogP contribution is 2.33. The van der Waals surface area contributed by atoms with Crippen LogP contribution in [0.4, 0.5) is 11.4 Å². The van der Waals surface area contributed by atoms with E-state index in [0.717, 1.165) is 15.4 Å². The van der Waals surface area contributed by atoms with E-state index in [1.807, 2.05) is 31.4 Å². The van der Waals surface area contributed by atoms with Gasteiger partial charge in [-0.1, -0.05) is 29.0 Å². The van der Waals surface area contributed by atoms with Gasteiger partial charge in [0.2, 0.25) is 5.91 Å². The number of nitrogens with one attached hydrogen (secondary N) is 1. The molecule has 2 aliphatic heterocycles. The number of hydrogen-bond acceptors (Lipinski definition) is 7. The van der Waals surface area contributed by atoms with Gasteiger partial charge in [0, 0.05) is 15.6 Å². The highest BCUT2D eigenvalue weighted by Gasteiger charge is 2.55. The molecule has 8 nitrogen and oxygen atoms in total. The molecule has 10 heteroatoms. The number of nitrogens with zero attached hydrogens (tertiary/aromatic N) is 4. The van der Waals surface area contributed by atoms with E-state index < -0.39 is 23.9 Å². The number of thioether (sulfide) groups is 1. The average Bonchev–Trinajstić information content (AvgIpc) is 3.24. The first kappa shape index (κ1) is 20.4. The van der Waals surface area contributed by atoms with Gasteiger partial charge in [-0.15, -0.1) is 11.8 Å². The van der Waals surface area contributed by atoms with Crippen LogP contribution in [-0.2, 0) is 14.4 Å². The Morgan fingerprint density at radius 3 is 2.73 bits per heavy atom. The predicted octanol–water partition coefficient (Wildman–Crippen LogP) is 3.30. The van der Waals surface area contributed by atoms with Crippen molar-refractivity contribution in [3.63, 3.8) is 0 Å². The van der Waals surface area contributed by atoms with Crippen molar-refractivity contribution in [3.05, 3.63) is 53.1 Å². The molecule has 1 N–H and O–H groups in total. The molecular weight excluding hydrogens is 426 g/mol. The molecule has 0 saturated carbocycles. The number of amides is 3. The van der Waals surface area contributed by atoms with Gasteiger partial charge in [0.05, 0.1) is 5.69 Å². The van der Waals surface area contributed by atoms with Crippen molar-refractivity contribution in [2.45, 2.75) is 23.9 Å². The largest absolute Gasteiger partial charge is 0.324 e. The van der Waals surface area contributed by atoms with E-state index in [2.05, 4.69) is 15.7 Å². The quantitative estimate of drug-likeness (QED) is 0.565. The summed E-state index contributed by atoms with van der Waals surface area (Å²) >= 11 is 7.71. The van der Waals surface area contributed by atoms with E-state index in [9.17, 15) is 14.4 Å². The molecule has 30 heavy (non-hydrogen) atoms. The van der Waals surface area contributed by atoms with Gasteiger partial charge in [-0.25, -0.2) is 4.90 Å². The molecule has 0 spiro atoms. The Hall–Kier alpha value is -2.91. The summed E-state index contributed by atoms with van der Waals surface area (Å²) in [5.74, 6) is -1.32. The minimum atomic E-state index is -0.967. The van der Waals surface area contributed by atoms with Gasteiger partial charge in [0.25, 0.3) is 11.8 Å². The van der Waals surface area contributed by atoms with Crippen molar-refractivity contribution in [2.75, 3.05) is 23.0 Å². The summed E-state index contributed by atoms with van der Waals surface area (Å²) in [5.41, 5.74) is 1.86. The molecule has 154 valence electrons. The van der Waals surface area contributed by atoms with E-state index in [0.29, 0.717) is 16.4 Å². The van der Waals surface area contributed by atoms with Gasteiger partial charge >= 0.3 is 0 Å². The molecule has 2 aromatic rings. The Labute approximate surface area is 182 Å². The van der Waals surface area contributed by atoms with Crippen LogP contribution in [0.5, 0.6) is 0 Å². The second-order valence-corrected chi connectivity index (χ2v) is 8.20. The molecular formula is C20H18ClN5O3S. The van der Waals surface area contributed by atoms with Crippen LogP contribution in [0, 0.1) is 6.92 Å². The number of imide groups is 1. The number of fused-ring (bicyclic) bond motifs is 1. The van der Waals surface area contributed by atoms with E-state index >= 15 is 0 Å². The molecule has 0 radical (unpaired) electrons. The third-order valence-electron chi connectivity index (χ3n) is 4.93. The fourth-order valence-electron chi connectivity index (χ4n) is 3.38. The number of aryl methyl sites for hydroxylation is 1. The number of carbonyl (C=O) groups is 3.